The standard InChI is InChI=1S/C13H19N6O13P3.C13H17N6O4.CH4/c1-6-16-17(2)11-8-12(15-4-14-11)19(5-18(6)8)13-10(21)9(20)7(30-13)3-29-34(25,26)32-35(27,28)31-33(22,23)24;1-6-16-17(2)11-8-12(15-4-14-11)19(5-18(6)8)13-10(22)9(21)7(3-20)23-13;/h4-5,7,9-10,13,20-21H,3H2,1-2H3,(H3-,22,23,24,25,26,27,28);4-5,7,9-10,13,20-22H,3H2,1-2H3;1H4/q;+1;/p-3. The van der Waals surface area contributed by atoms with Crippen molar-refractivity contribution in [1.82, 2.24) is 29.1 Å². The molecule has 2 fully saturated rings. The molecule has 5 N–H and O–H groups in total. The Hall–Kier alpha value is -3.83. The Morgan fingerprint density at radius 3 is 1.58 bits per heavy atom. The minimum atomic E-state index is -6.15. The third kappa shape index (κ3) is 8.44. The summed E-state index contributed by atoms with van der Waals surface area (Å²) in [5.41, 5.74) is 2.06. The SMILES string of the molecule is C.CC1=NN(C)c2ncnc3c2n1c[n+]3C1OC(CO)C(O)C1O.CC1=NN(C)c2ncnc3c2n1c[n+]3C1OC(COP(=O)([O-])OP(=O)([O-])OP(=O)([O-])[O-])C(O)C1O. The molecule has 8 heterocycles. The number of phosphoric ester groups is 1. The number of phosphoric acid groups is 3. The van der Waals surface area contributed by atoms with Crippen LogP contribution in [0.2, 0.25) is 0 Å². The topological polar surface area (TPSA) is 391 Å². The predicted octanol–water partition coefficient (Wildman–Crippen LogP) is -5.62. The van der Waals surface area contributed by atoms with Crippen LogP contribution in [0.5, 0.6) is 0 Å². The number of nitrogens with zero attached hydrogens (tertiary/aromatic N) is 12. The van der Waals surface area contributed by atoms with E-state index in [1.165, 1.54) is 28.6 Å². The molecule has 8 rings (SSSR count). The largest absolute Gasteiger partial charge is 0.790 e. The lowest BCUT2D eigenvalue weighted by atomic mass is 10.1. The molecular weight excluding hydrogens is 857 g/mol. The number of imidazole rings is 2. The monoisotopic (exact) mass is 894 g/mol. The number of hydrogen-bond donors (Lipinski definition) is 5. The summed E-state index contributed by atoms with van der Waals surface area (Å²) in [6.45, 7) is 2.09. The van der Waals surface area contributed by atoms with Crippen LogP contribution in [0.4, 0.5) is 11.6 Å². The number of hydrazone groups is 2. The smallest absolute Gasteiger partial charge is 0.310 e. The van der Waals surface area contributed by atoms with Gasteiger partial charge in [0.15, 0.2) is 48.6 Å². The maximum atomic E-state index is 11.8. The van der Waals surface area contributed by atoms with Gasteiger partial charge in [-0.25, -0.2) is 32.6 Å². The zero-order valence-corrected chi connectivity index (χ0v) is 32.9. The minimum Gasteiger partial charge on any atom is -0.790 e. The summed E-state index contributed by atoms with van der Waals surface area (Å²) in [6.07, 6.45) is -4.43. The second-order valence-electron chi connectivity index (χ2n) is 12.9. The molecule has 0 bridgehead atoms. The number of anilines is 2. The average molecular weight is 895 g/mol. The molecule has 29 nitrogen and oxygen atoms in total. The lowest BCUT2D eigenvalue weighted by Crippen LogP contribution is -2.46. The molecule has 4 aromatic rings. The van der Waals surface area contributed by atoms with Gasteiger partial charge in [0.25, 0.3) is 15.6 Å². The van der Waals surface area contributed by atoms with Crippen molar-refractivity contribution in [2.24, 2.45) is 10.2 Å². The van der Waals surface area contributed by atoms with Crippen LogP contribution >= 0.6 is 23.5 Å². The fourth-order valence-corrected chi connectivity index (χ4v) is 9.49. The van der Waals surface area contributed by atoms with Gasteiger partial charge in [-0.1, -0.05) is 17.4 Å². The first kappa shape index (κ1) is 44.7. The van der Waals surface area contributed by atoms with E-state index in [4.69, 9.17) is 9.47 Å². The predicted molar refractivity (Wildman–Crippen MR) is 186 cm³/mol. The molecule has 324 valence electrons. The molecule has 0 spiro atoms. The fourth-order valence-electron chi connectivity index (χ4n) is 6.62. The summed E-state index contributed by atoms with van der Waals surface area (Å²) < 4.78 is 61.8. The Balaban J connectivity index is 0.000000211. The molecule has 4 aliphatic heterocycles. The fraction of sp³-hybridized carbons (Fsp3) is 0.556. The molecule has 0 amide bonds. The third-order valence-electron chi connectivity index (χ3n) is 9.12. The van der Waals surface area contributed by atoms with E-state index >= 15 is 0 Å². The zero-order valence-electron chi connectivity index (χ0n) is 30.2. The van der Waals surface area contributed by atoms with E-state index in [0.717, 1.165) is 5.52 Å². The van der Waals surface area contributed by atoms with E-state index < -0.39 is 79.2 Å². The molecule has 10 unspecified atom stereocenters. The van der Waals surface area contributed by atoms with E-state index in [9.17, 15) is 58.8 Å². The van der Waals surface area contributed by atoms with Crippen molar-refractivity contribution in [2.45, 2.75) is 70.4 Å². The highest BCUT2D eigenvalue weighted by molar-refractivity contribution is 7.64. The number of ether oxygens (including phenoxy) is 2. The second kappa shape index (κ2) is 16.2. The van der Waals surface area contributed by atoms with Crippen LogP contribution < -0.4 is 38.7 Å². The Labute approximate surface area is 331 Å². The van der Waals surface area contributed by atoms with Crippen molar-refractivity contribution in [3.8, 4) is 0 Å². The maximum Gasteiger partial charge on any atom is 0.310 e. The number of hydrogen-bond acceptors (Lipinski definition) is 25. The van der Waals surface area contributed by atoms with Gasteiger partial charge in [-0.15, -0.1) is 10.2 Å². The van der Waals surface area contributed by atoms with Gasteiger partial charge in [0.1, 0.15) is 36.6 Å². The van der Waals surface area contributed by atoms with Gasteiger partial charge in [0.2, 0.25) is 23.5 Å². The van der Waals surface area contributed by atoms with Crippen LogP contribution in [0.1, 0.15) is 33.7 Å². The molecule has 0 aliphatic carbocycles. The molecule has 0 radical (unpaired) electrons. The number of aromatic nitrogens is 8. The summed E-state index contributed by atoms with van der Waals surface area (Å²) in [5, 5.41) is 62.2. The Kier molecular flexibility index (Phi) is 12.3. The minimum absolute atomic E-state index is 0. The van der Waals surface area contributed by atoms with Crippen molar-refractivity contribution < 1.29 is 90.6 Å². The van der Waals surface area contributed by atoms with Crippen molar-refractivity contribution in [3.63, 3.8) is 0 Å². The van der Waals surface area contributed by atoms with Crippen LogP contribution in [0, 0.1) is 0 Å². The Bertz CT molecular complexity index is 2460. The summed E-state index contributed by atoms with van der Waals surface area (Å²) in [5.74, 6) is 2.29. The molecule has 4 aliphatic rings. The summed E-state index contributed by atoms with van der Waals surface area (Å²) in [4.78, 5) is 60.6. The van der Waals surface area contributed by atoms with Gasteiger partial charge in [0.05, 0.1) is 21.0 Å². The first-order chi connectivity index (χ1) is 27.1. The molecule has 0 aromatic carbocycles. The Morgan fingerprint density at radius 1 is 0.712 bits per heavy atom. The lowest BCUT2D eigenvalue weighted by molar-refractivity contribution is -0.745. The van der Waals surface area contributed by atoms with Gasteiger partial charge in [0, 0.05) is 27.9 Å². The normalized spacial score (nSPS) is 28.4. The molecule has 32 heteroatoms. The summed E-state index contributed by atoms with van der Waals surface area (Å²) >= 11 is 0. The van der Waals surface area contributed by atoms with E-state index in [1.54, 1.807) is 46.1 Å². The highest BCUT2D eigenvalue weighted by Crippen LogP contribution is 2.60. The van der Waals surface area contributed by atoms with Crippen LogP contribution in [0.3, 0.4) is 0 Å². The number of rotatable bonds is 10. The molecule has 0 saturated carbocycles. The average Bonchev–Trinajstić information content (AvgIpc) is 3.86. The van der Waals surface area contributed by atoms with Gasteiger partial charge in [-0.05, 0) is 0 Å². The molecule has 2 saturated heterocycles. The van der Waals surface area contributed by atoms with Crippen molar-refractivity contribution >= 4 is 69.1 Å². The van der Waals surface area contributed by atoms with Gasteiger partial charge in [-0.2, -0.15) is 9.97 Å². The van der Waals surface area contributed by atoms with Crippen LogP contribution in [-0.4, -0.2) is 130 Å². The van der Waals surface area contributed by atoms with E-state index in [0.29, 0.717) is 34.5 Å². The quantitative estimate of drug-likeness (QED) is 0.0732. The first-order valence-corrected chi connectivity index (χ1v) is 21.0. The van der Waals surface area contributed by atoms with Crippen LogP contribution in [0.25, 0.3) is 22.3 Å². The van der Waals surface area contributed by atoms with Crippen molar-refractivity contribution in [1.29, 1.82) is 0 Å². The number of aliphatic hydroxyl groups excluding tert-OH is 5. The van der Waals surface area contributed by atoms with Crippen LogP contribution in [-0.2, 0) is 36.3 Å². The van der Waals surface area contributed by atoms with Gasteiger partial charge < -0.3 is 63.7 Å². The molecule has 10 atom stereocenters. The summed E-state index contributed by atoms with van der Waals surface area (Å²) in [7, 11) is -14.7. The van der Waals surface area contributed by atoms with Crippen LogP contribution in [0.15, 0.2) is 35.5 Å². The first-order valence-electron chi connectivity index (χ1n) is 16.6. The molecule has 4 aromatic heterocycles. The maximum absolute atomic E-state index is 11.8. The molecular formula is C27H37N12O17P3-2. The molecule has 59 heavy (non-hydrogen) atoms. The number of aliphatic hydroxyl groups is 5. The van der Waals surface area contributed by atoms with Gasteiger partial charge in [-0.3, -0.25) is 13.4 Å². The van der Waals surface area contributed by atoms with E-state index in [-0.39, 0.29) is 19.7 Å². The zero-order chi connectivity index (χ0) is 42.2. The van der Waals surface area contributed by atoms with Crippen molar-refractivity contribution in [2.75, 3.05) is 37.3 Å². The van der Waals surface area contributed by atoms with Crippen molar-refractivity contribution in [3.05, 3.63) is 25.3 Å². The highest BCUT2D eigenvalue weighted by Gasteiger charge is 2.49. The third-order valence-corrected chi connectivity index (χ3v) is 12.8. The van der Waals surface area contributed by atoms with E-state index in [2.05, 4.69) is 43.3 Å². The van der Waals surface area contributed by atoms with E-state index in [1.807, 2.05) is 6.92 Å². The lowest BCUT2D eigenvalue weighted by Gasteiger charge is -2.37. The second-order valence-corrected chi connectivity index (χ2v) is 17.2. The highest BCUT2D eigenvalue weighted by atomic mass is 31.3. The van der Waals surface area contributed by atoms with Gasteiger partial charge >= 0.3 is 11.3 Å². The Morgan fingerprint density at radius 2 is 1.15 bits per heavy atom. The summed E-state index contributed by atoms with van der Waals surface area (Å²) in [6, 6.07) is 0.